The van der Waals surface area contributed by atoms with Gasteiger partial charge in [-0.05, 0) is 12.3 Å². The van der Waals surface area contributed by atoms with Crippen molar-refractivity contribution in [3.8, 4) is 12.3 Å². The van der Waals surface area contributed by atoms with Crippen molar-refractivity contribution in [2.45, 2.75) is 46.0 Å². The zero-order chi connectivity index (χ0) is 7.82. The highest BCUT2D eigenvalue weighted by molar-refractivity contribution is 4.85. The highest BCUT2D eigenvalue weighted by atomic mass is 14.0. The summed E-state index contributed by atoms with van der Waals surface area (Å²) in [6.45, 7) is 4.46. The van der Waals surface area contributed by atoms with Gasteiger partial charge in [-0.25, -0.2) is 0 Å². The molecule has 0 rings (SSSR count). The second-order valence-corrected chi connectivity index (χ2v) is 3.01. The molecule has 0 amide bonds. The van der Waals surface area contributed by atoms with Gasteiger partial charge in [0.15, 0.2) is 0 Å². The average Bonchev–Trinajstić information content (AvgIpc) is 1.89. The minimum Gasteiger partial charge on any atom is -0.120 e. The first-order valence-electron chi connectivity index (χ1n) is 4.24. The second-order valence-electron chi connectivity index (χ2n) is 3.01. The molecule has 0 aromatic rings. The lowest BCUT2D eigenvalue weighted by Gasteiger charge is -2.05. The van der Waals surface area contributed by atoms with Crippen LogP contribution >= 0.6 is 0 Å². The van der Waals surface area contributed by atoms with E-state index in [0.29, 0.717) is 0 Å². The molecule has 58 valence electrons. The highest BCUT2D eigenvalue weighted by Gasteiger charge is 1.97. The molecule has 0 heteroatoms. The summed E-state index contributed by atoms with van der Waals surface area (Å²) in [6, 6.07) is 0. The Labute approximate surface area is 65.0 Å². The molecule has 10 heavy (non-hydrogen) atoms. The molecular weight excluding hydrogens is 120 g/mol. The van der Waals surface area contributed by atoms with Gasteiger partial charge in [0.2, 0.25) is 0 Å². The molecule has 0 aliphatic heterocycles. The van der Waals surface area contributed by atoms with Crippen LogP contribution in [0.15, 0.2) is 0 Å². The molecule has 0 aliphatic carbocycles. The molecular formula is C10H18. The van der Waals surface area contributed by atoms with E-state index in [1.165, 1.54) is 25.7 Å². The number of rotatable bonds is 5. The standard InChI is InChI=1S/C10H18/c1-4-6-7-9-10(3)8-5-2/h2,10H,4,6-9H2,1,3H3/t10-/m1/s1. The van der Waals surface area contributed by atoms with Crippen molar-refractivity contribution in [2.75, 3.05) is 0 Å². The van der Waals surface area contributed by atoms with Gasteiger partial charge in [0.1, 0.15) is 0 Å². The average molecular weight is 138 g/mol. The summed E-state index contributed by atoms with van der Waals surface area (Å²) in [7, 11) is 0. The van der Waals surface area contributed by atoms with Gasteiger partial charge < -0.3 is 0 Å². The van der Waals surface area contributed by atoms with Gasteiger partial charge in [0.05, 0.1) is 0 Å². The van der Waals surface area contributed by atoms with Crippen LogP contribution in [0.3, 0.4) is 0 Å². The third-order valence-electron chi connectivity index (χ3n) is 1.77. The maximum Gasteiger partial charge on any atom is 0.0112 e. The predicted octanol–water partition coefficient (Wildman–Crippen LogP) is 3.23. The van der Waals surface area contributed by atoms with E-state index in [1.807, 2.05) is 0 Å². The van der Waals surface area contributed by atoms with Crippen LogP contribution in [0.5, 0.6) is 0 Å². The molecule has 0 radical (unpaired) electrons. The lowest BCUT2D eigenvalue weighted by atomic mass is 10.0. The van der Waals surface area contributed by atoms with E-state index in [4.69, 9.17) is 6.42 Å². The first-order chi connectivity index (χ1) is 4.81. The van der Waals surface area contributed by atoms with Gasteiger partial charge in [0.25, 0.3) is 0 Å². The van der Waals surface area contributed by atoms with Crippen LogP contribution in [0.4, 0.5) is 0 Å². The first kappa shape index (κ1) is 9.56. The summed E-state index contributed by atoms with van der Waals surface area (Å²) in [6.07, 6.45) is 11.4. The van der Waals surface area contributed by atoms with E-state index in [2.05, 4.69) is 19.8 Å². The Morgan fingerprint density at radius 3 is 2.60 bits per heavy atom. The van der Waals surface area contributed by atoms with E-state index < -0.39 is 0 Å². The van der Waals surface area contributed by atoms with Gasteiger partial charge in [-0.1, -0.05) is 33.1 Å². The Morgan fingerprint density at radius 1 is 1.40 bits per heavy atom. The quantitative estimate of drug-likeness (QED) is 0.404. The number of hydrogen-bond donors (Lipinski definition) is 0. The summed E-state index contributed by atoms with van der Waals surface area (Å²) in [5.74, 6) is 3.43. The zero-order valence-electron chi connectivity index (χ0n) is 7.19. The molecule has 0 heterocycles. The van der Waals surface area contributed by atoms with Crippen LogP contribution < -0.4 is 0 Å². The van der Waals surface area contributed by atoms with Gasteiger partial charge >= 0.3 is 0 Å². The molecule has 1 atom stereocenters. The van der Waals surface area contributed by atoms with Crippen LogP contribution in [0, 0.1) is 18.3 Å². The van der Waals surface area contributed by atoms with E-state index in [-0.39, 0.29) is 0 Å². The summed E-state index contributed by atoms with van der Waals surface area (Å²) < 4.78 is 0. The maximum absolute atomic E-state index is 5.18. The molecule has 0 nitrogen and oxygen atoms in total. The highest BCUT2D eigenvalue weighted by Crippen LogP contribution is 2.11. The fourth-order valence-corrected chi connectivity index (χ4v) is 1.05. The third-order valence-corrected chi connectivity index (χ3v) is 1.77. The smallest absolute Gasteiger partial charge is 0.0112 e. The van der Waals surface area contributed by atoms with Crippen LogP contribution in [-0.4, -0.2) is 0 Å². The van der Waals surface area contributed by atoms with E-state index in [0.717, 1.165) is 12.3 Å². The summed E-state index contributed by atoms with van der Waals surface area (Å²) in [5, 5.41) is 0. The van der Waals surface area contributed by atoms with Gasteiger partial charge in [-0.15, -0.1) is 12.3 Å². The van der Waals surface area contributed by atoms with E-state index >= 15 is 0 Å². The van der Waals surface area contributed by atoms with E-state index in [9.17, 15) is 0 Å². The third kappa shape index (κ3) is 5.69. The molecule has 0 N–H and O–H groups in total. The number of unbranched alkanes of at least 4 members (excludes halogenated alkanes) is 2. The van der Waals surface area contributed by atoms with Gasteiger partial charge in [0, 0.05) is 6.42 Å². The molecule has 0 unspecified atom stereocenters. The molecule has 0 fully saturated rings. The number of hydrogen-bond acceptors (Lipinski definition) is 0. The summed E-state index contributed by atoms with van der Waals surface area (Å²) in [5.41, 5.74) is 0. The van der Waals surface area contributed by atoms with E-state index in [1.54, 1.807) is 0 Å². The largest absolute Gasteiger partial charge is 0.120 e. The minimum atomic E-state index is 0.733. The monoisotopic (exact) mass is 138 g/mol. The zero-order valence-corrected chi connectivity index (χ0v) is 7.19. The Bertz CT molecular complexity index is 97.1. The van der Waals surface area contributed by atoms with Crippen molar-refractivity contribution in [1.29, 1.82) is 0 Å². The fraction of sp³-hybridized carbons (Fsp3) is 0.800. The van der Waals surface area contributed by atoms with Gasteiger partial charge in [-0.3, -0.25) is 0 Å². The lowest BCUT2D eigenvalue weighted by Crippen LogP contribution is -1.91. The second kappa shape index (κ2) is 6.68. The normalized spacial score (nSPS) is 12.5. The van der Waals surface area contributed by atoms with Crippen LogP contribution in [0.2, 0.25) is 0 Å². The minimum absolute atomic E-state index is 0.733. The number of terminal acetylenes is 1. The van der Waals surface area contributed by atoms with Crippen LogP contribution in [0.25, 0.3) is 0 Å². The SMILES string of the molecule is C#CC[C@@H](C)CCCCC. The van der Waals surface area contributed by atoms with Crippen molar-refractivity contribution in [2.24, 2.45) is 5.92 Å². The Hall–Kier alpha value is -0.440. The molecule has 0 aromatic heterocycles. The summed E-state index contributed by atoms with van der Waals surface area (Å²) >= 11 is 0. The molecule has 0 aliphatic rings. The lowest BCUT2D eigenvalue weighted by molar-refractivity contribution is 0.506. The predicted molar refractivity (Wildman–Crippen MR) is 46.8 cm³/mol. The molecule has 0 aromatic carbocycles. The Balaban J connectivity index is 3.06. The molecule has 0 saturated heterocycles. The van der Waals surface area contributed by atoms with Crippen molar-refractivity contribution in [3.63, 3.8) is 0 Å². The maximum atomic E-state index is 5.18. The first-order valence-corrected chi connectivity index (χ1v) is 4.24. The van der Waals surface area contributed by atoms with Crippen molar-refractivity contribution >= 4 is 0 Å². The fourth-order valence-electron chi connectivity index (χ4n) is 1.05. The Kier molecular flexibility index (Phi) is 6.38. The van der Waals surface area contributed by atoms with Crippen LogP contribution in [0.1, 0.15) is 46.0 Å². The van der Waals surface area contributed by atoms with Crippen molar-refractivity contribution in [1.82, 2.24) is 0 Å². The molecule has 0 spiro atoms. The topological polar surface area (TPSA) is 0 Å². The van der Waals surface area contributed by atoms with Gasteiger partial charge in [-0.2, -0.15) is 0 Å². The molecule has 0 bridgehead atoms. The van der Waals surface area contributed by atoms with Crippen molar-refractivity contribution in [3.05, 3.63) is 0 Å². The summed E-state index contributed by atoms with van der Waals surface area (Å²) in [4.78, 5) is 0. The Morgan fingerprint density at radius 2 is 2.10 bits per heavy atom. The van der Waals surface area contributed by atoms with Crippen molar-refractivity contribution < 1.29 is 0 Å². The molecule has 0 saturated carbocycles. The van der Waals surface area contributed by atoms with Crippen LogP contribution in [-0.2, 0) is 0 Å².